The Morgan fingerprint density at radius 1 is 1.06 bits per heavy atom. The van der Waals surface area contributed by atoms with Crippen molar-refractivity contribution >= 4 is 26.8 Å². The molecule has 0 spiro atoms. The molecule has 2 aromatic carbocycles. The van der Waals surface area contributed by atoms with Gasteiger partial charge in [0.2, 0.25) is 15.6 Å². The van der Waals surface area contributed by atoms with Gasteiger partial charge >= 0.3 is 0 Å². The van der Waals surface area contributed by atoms with E-state index in [1.165, 1.54) is 35.7 Å². The average Bonchev–Trinajstić information content (AvgIpc) is 2.87. The van der Waals surface area contributed by atoms with E-state index in [1.807, 2.05) is 19.9 Å². The second-order valence-electron chi connectivity index (χ2n) is 8.21. The molecule has 36 heavy (non-hydrogen) atoms. The summed E-state index contributed by atoms with van der Waals surface area (Å²) in [6.45, 7) is 7.09. The minimum Gasteiger partial charge on any atom is -0.493 e. The monoisotopic (exact) mass is 515 g/mol. The van der Waals surface area contributed by atoms with Crippen LogP contribution in [-0.2, 0) is 16.6 Å². The fraction of sp³-hybridized carbons (Fsp3) is 0.385. The van der Waals surface area contributed by atoms with Gasteiger partial charge in [0.25, 0.3) is 5.91 Å². The molecule has 3 rings (SSSR count). The van der Waals surface area contributed by atoms with Gasteiger partial charge in [0.1, 0.15) is 0 Å². The molecule has 10 heteroatoms. The van der Waals surface area contributed by atoms with Crippen LogP contribution in [0.1, 0.15) is 49.5 Å². The van der Waals surface area contributed by atoms with Crippen LogP contribution in [0.15, 0.2) is 52.2 Å². The molecule has 0 saturated heterocycles. The Balaban J connectivity index is 1.92. The number of aromatic amines is 1. The first kappa shape index (κ1) is 27.2. The number of sulfonamides is 1. The third kappa shape index (κ3) is 6.06. The molecule has 3 aromatic rings. The molecule has 1 heterocycles. The summed E-state index contributed by atoms with van der Waals surface area (Å²) < 4.78 is 38.8. The lowest BCUT2D eigenvalue weighted by Crippen LogP contribution is -2.32. The molecule has 0 saturated carbocycles. The van der Waals surface area contributed by atoms with Crippen molar-refractivity contribution in [2.75, 3.05) is 26.8 Å². The lowest BCUT2D eigenvalue weighted by Gasteiger charge is -2.20. The van der Waals surface area contributed by atoms with Crippen molar-refractivity contribution in [1.82, 2.24) is 14.6 Å². The number of amides is 1. The maximum absolute atomic E-state index is 13.2. The Morgan fingerprint density at radius 3 is 2.50 bits per heavy atom. The van der Waals surface area contributed by atoms with E-state index in [0.717, 1.165) is 18.4 Å². The normalized spacial score (nSPS) is 11.6. The number of benzene rings is 2. The van der Waals surface area contributed by atoms with Gasteiger partial charge < -0.3 is 19.8 Å². The number of nitrogens with one attached hydrogen (secondary N) is 2. The van der Waals surface area contributed by atoms with Gasteiger partial charge in [-0.2, -0.15) is 4.31 Å². The third-order valence-corrected chi connectivity index (χ3v) is 7.76. The van der Waals surface area contributed by atoms with Crippen molar-refractivity contribution in [2.24, 2.45) is 0 Å². The van der Waals surface area contributed by atoms with E-state index in [1.54, 1.807) is 19.1 Å². The van der Waals surface area contributed by atoms with Crippen LogP contribution in [0.3, 0.4) is 0 Å². The van der Waals surface area contributed by atoms with Crippen molar-refractivity contribution in [1.29, 1.82) is 0 Å². The van der Waals surface area contributed by atoms with Crippen LogP contribution >= 0.6 is 0 Å². The summed E-state index contributed by atoms with van der Waals surface area (Å²) in [5, 5.41) is 3.16. The minimum absolute atomic E-state index is 0.0744. The summed E-state index contributed by atoms with van der Waals surface area (Å²) in [6.07, 6.45) is 1.62. The SMILES string of the molecule is CCCCN(CC)S(=O)(=O)c1ccc2[nH]c(=O)cc(C(=O)NCc3ccc(OCC)c(OC)c3)c2c1. The maximum Gasteiger partial charge on any atom is 0.252 e. The number of hydrogen-bond donors (Lipinski definition) is 2. The molecular formula is C26H33N3O6S. The van der Waals surface area contributed by atoms with Gasteiger partial charge in [-0.25, -0.2) is 8.42 Å². The van der Waals surface area contributed by atoms with Crippen molar-refractivity contribution in [3.8, 4) is 11.5 Å². The maximum atomic E-state index is 13.2. The molecule has 0 fully saturated rings. The van der Waals surface area contributed by atoms with Crippen LogP contribution in [0, 0.1) is 0 Å². The molecule has 2 N–H and O–H groups in total. The standard InChI is InChI=1S/C26H33N3O6S/c1-5-8-13-29(6-2)36(32,33)19-10-11-22-20(15-19)21(16-25(30)28-22)26(31)27-17-18-9-12-23(35-7-3)24(14-18)34-4/h9-12,14-16H,5-8,13,17H2,1-4H3,(H,27,31)(H,28,30). The number of carbonyl (C=O) groups excluding carboxylic acids is 1. The highest BCUT2D eigenvalue weighted by atomic mass is 32.2. The average molecular weight is 516 g/mol. The largest absolute Gasteiger partial charge is 0.493 e. The number of pyridine rings is 1. The number of rotatable bonds is 12. The molecule has 1 aromatic heterocycles. The molecule has 9 nitrogen and oxygen atoms in total. The Morgan fingerprint density at radius 2 is 1.83 bits per heavy atom. The van der Waals surface area contributed by atoms with E-state index in [0.29, 0.717) is 42.1 Å². The predicted molar refractivity (Wildman–Crippen MR) is 139 cm³/mol. The summed E-state index contributed by atoms with van der Waals surface area (Å²) in [5.41, 5.74) is 0.797. The molecule has 0 aliphatic heterocycles. The van der Waals surface area contributed by atoms with Crippen LogP contribution in [0.25, 0.3) is 10.9 Å². The van der Waals surface area contributed by atoms with Crippen LogP contribution < -0.4 is 20.3 Å². The lowest BCUT2D eigenvalue weighted by molar-refractivity contribution is 0.0952. The zero-order chi connectivity index (χ0) is 26.3. The van der Waals surface area contributed by atoms with E-state index >= 15 is 0 Å². The predicted octanol–water partition coefficient (Wildman–Crippen LogP) is 3.68. The van der Waals surface area contributed by atoms with Gasteiger partial charge in [0.15, 0.2) is 11.5 Å². The first-order valence-electron chi connectivity index (χ1n) is 12.0. The number of unbranched alkanes of at least 4 members (excludes halogenated alkanes) is 1. The van der Waals surface area contributed by atoms with Gasteiger partial charge in [-0.3, -0.25) is 9.59 Å². The van der Waals surface area contributed by atoms with Gasteiger partial charge in [-0.15, -0.1) is 0 Å². The number of hydrogen-bond acceptors (Lipinski definition) is 6. The minimum atomic E-state index is -3.76. The van der Waals surface area contributed by atoms with E-state index in [9.17, 15) is 18.0 Å². The molecule has 0 aliphatic rings. The quantitative estimate of drug-likeness (QED) is 0.380. The third-order valence-electron chi connectivity index (χ3n) is 5.79. The van der Waals surface area contributed by atoms with Crippen LogP contribution in [0.2, 0.25) is 0 Å². The molecule has 0 radical (unpaired) electrons. The Bertz CT molecular complexity index is 1380. The summed E-state index contributed by atoms with van der Waals surface area (Å²) >= 11 is 0. The molecule has 0 aliphatic carbocycles. The van der Waals surface area contributed by atoms with Gasteiger partial charge in [0, 0.05) is 36.6 Å². The van der Waals surface area contributed by atoms with E-state index in [4.69, 9.17) is 9.47 Å². The zero-order valence-corrected chi connectivity index (χ0v) is 21.9. The topological polar surface area (TPSA) is 118 Å². The number of methoxy groups -OCH3 is 1. The van der Waals surface area contributed by atoms with Crippen molar-refractivity contribution < 1.29 is 22.7 Å². The number of ether oxygens (including phenoxy) is 2. The van der Waals surface area contributed by atoms with Crippen molar-refractivity contribution in [2.45, 2.75) is 45.1 Å². The molecular weight excluding hydrogens is 482 g/mol. The highest BCUT2D eigenvalue weighted by Gasteiger charge is 2.24. The number of nitrogens with zero attached hydrogens (tertiary/aromatic N) is 1. The number of aromatic nitrogens is 1. The second kappa shape index (κ2) is 12.0. The Kier molecular flexibility index (Phi) is 9.11. The van der Waals surface area contributed by atoms with Crippen molar-refractivity contribution in [3.05, 3.63) is 63.9 Å². The molecule has 0 atom stereocenters. The fourth-order valence-electron chi connectivity index (χ4n) is 3.89. The molecule has 1 amide bonds. The van der Waals surface area contributed by atoms with Gasteiger partial charge in [-0.1, -0.05) is 26.3 Å². The Hall–Kier alpha value is -3.37. The van der Waals surface area contributed by atoms with E-state index in [-0.39, 0.29) is 17.0 Å². The van der Waals surface area contributed by atoms with Crippen LogP contribution in [-0.4, -0.2) is 50.4 Å². The summed E-state index contributed by atoms with van der Waals surface area (Å²) in [6, 6.07) is 10.9. The van der Waals surface area contributed by atoms with Crippen LogP contribution in [0.5, 0.6) is 11.5 Å². The van der Waals surface area contributed by atoms with Crippen molar-refractivity contribution in [3.63, 3.8) is 0 Å². The second-order valence-corrected chi connectivity index (χ2v) is 10.1. The fourth-order valence-corrected chi connectivity index (χ4v) is 5.40. The summed E-state index contributed by atoms with van der Waals surface area (Å²) in [5.74, 6) is 0.653. The van der Waals surface area contributed by atoms with Gasteiger partial charge in [0.05, 0.1) is 24.2 Å². The Labute approximate surface area is 211 Å². The first-order valence-corrected chi connectivity index (χ1v) is 13.4. The van der Waals surface area contributed by atoms with E-state index < -0.39 is 21.5 Å². The number of carbonyl (C=O) groups is 1. The van der Waals surface area contributed by atoms with Gasteiger partial charge in [-0.05, 0) is 49.2 Å². The highest BCUT2D eigenvalue weighted by molar-refractivity contribution is 7.89. The highest BCUT2D eigenvalue weighted by Crippen LogP contribution is 2.28. The first-order chi connectivity index (χ1) is 17.2. The summed E-state index contributed by atoms with van der Waals surface area (Å²) in [7, 11) is -2.22. The lowest BCUT2D eigenvalue weighted by atomic mass is 10.1. The molecule has 0 unspecified atom stereocenters. The molecule has 194 valence electrons. The number of fused-ring (bicyclic) bond motifs is 1. The number of H-pyrrole nitrogens is 1. The zero-order valence-electron chi connectivity index (χ0n) is 21.1. The molecule has 0 bridgehead atoms. The van der Waals surface area contributed by atoms with E-state index in [2.05, 4.69) is 10.3 Å². The summed E-state index contributed by atoms with van der Waals surface area (Å²) in [4.78, 5) is 28.1. The smallest absolute Gasteiger partial charge is 0.252 e. The van der Waals surface area contributed by atoms with Crippen LogP contribution in [0.4, 0.5) is 0 Å².